The Morgan fingerprint density at radius 3 is 2.60 bits per heavy atom. The molecule has 0 aromatic heterocycles. The number of unbranched alkanes of at least 4 members (excludes halogenated alkanes) is 1. The molecule has 1 atom stereocenters. The summed E-state index contributed by atoms with van der Waals surface area (Å²) < 4.78 is 0. The second-order valence-corrected chi connectivity index (χ2v) is 2.68. The van der Waals surface area contributed by atoms with Crippen molar-refractivity contribution in [3.05, 3.63) is 12.2 Å². The molecule has 0 radical (unpaired) electrons. The van der Waals surface area contributed by atoms with E-state index in [2.05, 4.69) is 42.4 Å². The van der Waals surface area contributed by atoms with E-state index in [4.69, 9.17) is 10.2 Å². The molecule has 0 spiro atoms. The molecule has 2 N–H and O–H groups in total. The van der Waals surface area contributed by atoms with Crippen molar-refractivity contribution in [1.29, 1.82) is 0 Å². The second-order valence-electron chi connectivity index (χ2n) is 2.68. The van der Waals surface area contributed by atoms with Crippen LogP contribution in [0.1, 0.15) is 19.8 Å². The van der Waals surface area contributed by atoms with Crippen LogP contribution in [0, 0.1) is 35.5 Å². The highest BCUT2D eigenvalue weighted by molar-refractivity contribution is 5.37. The van der Waals surface area contributed by atoms with Crippen molar-refractivity contribution in [2.24, 2.45) is 0 Å². The third-order valence-corrected chi connectivity index (χ3v) is 1.31. The van der Waals surface area contributed by atoms with Crippen molar-refractivity contribution in [2.45, 2.75) is 25.9 Å². The maximum atomic E-state index is 8.89. The van der Waals surface area contributed by atoms with Gasteiger partial charge in [-0.2, -0.15) is 0 Å². The standard InChI is InChI=1S/C13H14O2/c1-2-3-4-5-6-7-8-9-10-11-13(15)12-14/h10-11,13-15H,2-3,12H2,1H3/b11-10+/t13-/m0/s1. The van der Waals surface area contributed by atoms with Crippen LogP contribution in [0.15, 0.2) is 12.2 Å². The first-order chi connectivity index (χ1) is 7.31. The van der Waals surface area contributed by atoms with E-state index in [-0.39, 0.29) is 6.61 Å². The van der Waals surface area contributed by atoms with Crippen LogP contribution in [-0.4, -0.2) is 22.9 Å². The molecule has 0 aliphatic carbocycles. The first kappa shape index (κ1) is 13.3. The summed E-state index contributed by atoms with van der Waals surface area (Å²) in [6.07, 6.45) is 3.89. The first-order valence-electron chi connectivity index (χ1n) is 4.75. The van der Waals surface area contributed by atoms with Gasteiger partial charge in [-0.3, -0.25) is 0 Å². The molecule has 0 rings (SSSR count). The molecule has 0 aromatic rings. The molecule has 0 aliphatic rings. The van der Waals surface area contributed by atoms with E-state index >= 15 is 0 Å². The third kappa shape index (κ3) is 10.3. The van der Waals surface area contributed by atoms with Gasteiger partial charge in [-0.15, -0.1) is 0 Å². The van der Waals surface area contributed by atoms with Gasteiger partial charge in [-0.05, 0) is 42.3 Å². The summed E-state index contributed by atoms with van der Waals surface area (Å²) in [6.45, 7) is 1.76. The molecule has 78 valence electrons. The van der Waals surface area contributed by atoms with Gasteiger partial charge < -0.3 is 10.2 Å². The Bertz CT molecular complexity index is 361. The minimum Gasteiger partial charge on any atom is -0.393 e. The topological polar surface area (TPSA) is 40.5 Å². The second kappa shape index (κ2) is 10.4. The van der Waals surface area contributed by atoms with Gasteiger partial charge in [0, 0.05) is 6.42 Å². The number of aliphatic hydroxyl groups excluding tert-OH is 2. The zero-order valence-electron chi connectivity index (χ0n) is 8.75. The lowest BCUT2D eigenvalue weighted by Gasteiger charge is -1.94. The molecule has 15 heavy (non-hydrogen) atoms. The van der Waals surface area contributed by atoms with Gasteiger partial charge in [0.15, 0.2) is 0 Å². The van der Waals surface area contributed by atoms with E-state index < -0.39 is 6.10 Å². The van der Waals surface area contributed by atoms with Gasteiger partial charge in [0.1, 0.15) is 0 Å². The summed E-state index contributed by atoms with van der Waals surface area (Å²) in [4.78, 5) is 0. The molecule has 2 heteroatoms. The predicted molar refractivity (Wildman–Crippen MR) is 60.5 cm³/mol. The summed E-state index contributed by atoms with van der Waals surface area (Å²) in [6, 6.07) is 0. The van der Waals surface area contributed by atoms with E-state index in [0.717, 1.165) is 12.8 Å². The highest BCUT2D eigenvalue weighted by Crippen LogP contribution is 1.81. The Kier molecular flexibility index (Phi) is 9.27. The lowest BCUT2D eigenvalue weighted by molar-refractivity contribution is 0.131. The zero-order chi connectivity index (χ0) is 11.4. The molecule has 0 saturated heterocycles. The molecule has 0 heterocycles. The molecule has 0 unspecified atom stereocenters. The third-order valence-electron chi connectivity index (χ3n) is 1.31. The highest BCUT2D eigenvalue weighted by Gasteiger charge is 1.90. The molecule has 0 aromatic carbocycles. The Hall–Kier alpha value is -1.66. The molecule has 0 amide bonds. The van der Waals surface area contributed by atoms with Crippen LogP contribution in [0.5, 0.6) is 0 Å². The van der Waals surface area contributed by atoms with E-state index in [0.29, 0.717) is 0 Å². The molecule has 0 saturated carbocycles. The van der Waals surface area contributed by atoms with Crippen molar-refractivity contribution in [1.82, 2.24) is 0 Å². The number of allylic oxidation sites excluding steroid dienone is 1. The smallest absolute Gasteiger partial charge is 0.0960 e. The quantitative estimate of drug-likeness (QED) is 0.662. The number of aliphatic hydroxyl groups is 2. The number of hydrogen-bond acceptors (Lipinski definition) is 2. The van der Waals surface area contributed by atoms with Crippen molar-refractivity contribution >= 4 is 0 Å². The van der Waals surface area contributed by atoms with Crippen molar-refractivity contribution in [3.8, 4) is 35.5 Å². The minimum atomic E-state index is -0.850. The lowest BCUT2D eigenvalue weighted by Crippen LogP contribution is -2.06. The number of rotatable bonds is 3. The molecule has 2 nitrogen and oxygen atoms in total. The fraction of sp³-hybridized carbons (Fsp3) is 0.385. The summed E-state index contributed by atoms with van der Waals surface area (Å²) in [5, 5.41) is 17.4. The highest BCUT2D eigenvalue weighted by atomic mass is 16.3. The maximum absolute atomic E-state index is 8.89. The van der Waals surface area contributed by atoms with Crippen molar-refractivity contribution in [2.75, 3.05) is 6.61 Å². The summed E-state index contributed by atoms with van der Waals surface area (Å²) in [5.74, 6) is 15.8. The van der Waals surface area contributed by atoms with Gasteiger partial charge in [0.2, 0.25) is 0 Å². The summed E-state index contributed by atoms with van der Waals surface area (Å²) in [5.41, 5.74) is 0. The predicted octanol–water partition coefficient (Wildman–Crippen LogP) is 0.706. The SMILES string of the molecule is CCCC#CC#CC#C/C=C/[C@H](O)CO. The van der Waals surface area contributed by atoms with Gasteiger partial charge in [0.25, 0.3) is 0 Å². The number of hydrogen-bond donors (Lipinski definition) is 2. The van der Waals surface area contributed by atoms with E-state index in [9.17, 15) is 0 Å². The molecule has 0 fully saturated rings. The Morgan fingerprint density at radius 1 is 1.20 bits per heavy atom. The van der Waals surface area contributed by atoms with Gasteiger partial charge in [-0.25, -0.2) is 0 Å². The van der Waals surface area contributed by atoms with Crippen LogP contribution >= 0.6 is 0 Å². The fourth-order valence-electron chi connectivity index (χ4n) is 0.592. The van der Waals surface area contributed by atoms with Gasteiger partial charge >= 0.3 is 0 Å². The molecule has 0 bridgehead atoms. The fourth-order valence-corrected chi connectivity index (χ4v) is 0.592. The average molecular weight is 202 g/mol. The van der Waals surface area contributed by atoms with Crippen LogP contribution in [-0.2, 0) is 0 Å². The van der Waals surface area contributed by atoms with Crippen LogP contribution in [0.4, 0.5) is 0 Å². The van der Waals surface area contributed by atoms with Crippen LogP contribution in [0.2, 0.25) is 0 Å². The van der Waals surface area contributed by atoms with E-state index in [1.165, 1.54) is 12.2 Å². The van der Waals surface area contributed by atoms with Crippen molar-refractivity contribution < 1.29 is 10.2 Å². The average Bonchev–Trinajstić information content (AvgIpc) is 2.26. The lowest BCUT2D eigenvalue weighted by atomic mass is 10.3. The monoisotopic (exact) mass is 202 g/mol. The Morgan fingerprint density at radius 2 is 1.93 bits per heavy atom. The minimum absolute atomic E-state index is 0.299. The van der Waals surface area contributed by atoms with Crippen LogP contribution in [0.3, 0.4) is 0 Å². The van der Waals surface area contributed by atoms with Crippen molar-refractivity contribution in [3.63, 3.8) is 0 Å². The van der Waals surface area contributed by atoms with Gasteiger partial charge in [-0.1, -0.05) is 18.8 Å². The Balaban J connectivity index is 3.90. The first-order valence-corrected chi connectivity index (χ1v) is 4.75. The van der Waals surface area contributed by atoms with Crippen LogP contribution < -0.4 is 0 Å². The molecule has 0 aliphatic heterocycles. The van der Waals surface area contributed by atoms with E-state index in [1.807, 2.05) is 0 Å². The normalized spacial score (nSPS) is 10.3. The summed E-state index contributed by atoms with van der Waals surface area (Å²) >= 11 is 0. The van der Waals surface area contributed by atoms with E-state index in [1.54, 1.807) is 0 Å². The largest absolute Gasteiger partial charge is 0.393 e. The zero-order valence-corrected chi connectivity index (χ0v) is 8.75. The summed E-state index contributed by atoms with van der Waals surface area (Å²) in [7, 11) is 0. The molecular weight excluding hydrogens is 188 g/mol. The van der Waals surface area contributed by atoms with Crippen LogP contribution in [0.25, 0.3) is 0 Å². The maximum Gasteiger partial charge on any atom is 0.0960 e. The van der Waals surface area contributed by atoms with Gasteiger partial charge in [0.05, 0.1) is 12.7 Å². The Labute approximate surface area is 91.0 Å². The molecular formula is C13H14O2.